The Morgan fingerprint density at radius 1 is 1.13 bits per heavy atom. The normalized spacial score (nSPS) is 14.0. The molecule has 2 nitrogen and oxygen atoms in total. The standard InChI is InChI=1S/C12H21BO2/c1-9(11(3)14)7-8-10(2)13-15-12(4,5)6/h7-8,13H,1-6H3/b9-7+,10-8+. The second-order valence-electron chi connectivity index (χ2n) is 4.82. The summed E-state index contributed by atoms with van der Waals surface area (Å²) in [7, 11) is 0.602. The molecule has 0 amide bonds. The van der Waals surface area contributed by atoms with Gasteiger partial charge in [0, 0.05) is 5.60 Å². The van der Waals surface area contributed by atoms with Gasteiger partial charge in [-0.1, -0.05) is 17.6 Å². The first-order chi connectivity index (χ1) is 6.72. The number of ketones is 1. The van der Waals surface area contributed by atoms with Crippen LogP contribution in [0.2, 0.25) is 0 Å². The fraction of sp³-hybridized carbons (Fsp3) is 0.583. The maximum Gasteiger partial charge on any atom is 0.304 e. The summed E-state index contributed by atoms with van der Waals surface area (Å²) >= 11 is 0. The Hall–Kier alpha value is -0.825. The Morgan fingerprint density at radius 3 is 2.07 bits per heavy atom. The summed E-state index contributed by atoms with van der Waals surface area (Å²) in [5.41, 5.74) is 1.77. The highest BCUT2D eigenvalue weighted by atomic mass is 16.5. The van der Waals surface area contributed by atoms with E-state index in [4.69, 9.17) is 4.65 Å². The molecule has 0 saturated heterocycles. The van der Waals surface area contributed by atoms with E-state index in [9.17, 15) is 4.79 Å². The van der Waals surface area contributed by atoms with Gasteiger partial charge in [-0.25, -0.2) is 0 Å². The maximum atomic E-state index is 10.9. The molecule has 0 aliphatic carbocycles. The first kappa shape index (κ1) is 14.2. The molecule has 0 atom stereocenters. The van der Waals surface area contributed by atoms with Gasteiger partial charge in [0.15, 0.2) is 5.78 Å². The van der Waals surface area contributed by atoms with Crippen LogP contribution in [0.1, 0.15) is 41.5 Å². The van der Waals surface area contributed by atoms with Crippen molar-refractivity contribution in [1.82, 2.24) is 0 Å². The van der Waals surface area contributed by atoms with Crippen molar-refractivity contribution in [3.63, 3.8) is 0 Å². The van der Waals surface area contributed by atoms with Gasteiger partial charge in [0.1, 0.15) is 0 Å². The summed E-state index contributed by atoms with van der Waals surface area (Å²) in [6, 6.07) is 0. The van der Waals surface area contributed by atoms with Gasteiger partial charge in [0.25, 0.3) is 0 Å². The molecule has 0 bridgehead atoms. The highest BCUT2D eigenvalue weighted by Crippen LogP contribution is 2.07. The molecule has 0 unspecified atom stereocenters. The van der Waals surface area contributed by atoms with Crippen LogP contribution >= 0.6 is 0 Å². The van der Waals surface area contributed by atoms with E-state index >= 15 is 0 Å². The Bertz CT molecular complexity index is 282. The van der Waals surface area contributed by atoms with Crippen molar-refractivity contribution in [2.24, 2.45) is 0 Å². The van der Waals surface area contributed by atoms with Gasteiger partial charge in [-0.15, -0.1) is 0 Å². The molecule has 0 spiro atoms. The number of rotatable bonds is 4. The predicted molar refractivity (Wildman–Crippen MR) is 66.2 cm³/mol. The Balaban J connectivity index is 4.22. The minimum Gasteiger partial charge on any atom is -0.430 e. The van der Waals surface area contributed by atoms with Crippen LogP contribution in [0.3, 0.4) is 0 Å². The smallest absolute Gasteiger partial charge is 0.304 e. The quantitative estimate of drug-likeness (QED) is 0.403. The van der Waals surface area contributed by atoms with E-state index < -0.39 is 0 Å². The van der Waals surface area contributed by atoms with Gasteiger partial charge >= 0.3 is 7.48 Å². The molecule has 0 N–H and O–H groups in total. The van der Waals surface area contributed by atoms with Crippen molar-refractivity contribution in [3.8, 4) is 0 Å². The van der Waals surface area contributed by atoms with Crippen molar-refractivity contribution < 1.29 is 9.45 Å². The zero-order valence-electron chi connectivity index (χ0n) is 10.7. The van der Waals surface area contributed by atoms with Gasteiger partial charge in [0.2, 0.25) is 0 Å². The number of hydrogen-bond acceptors (Lipinski definition) is 2. The van der Waals surface area contributed by atoms with E-state index in [1.807, 2.05) is 46.8 Å². The third-order valence-electron chi connectivity index (χ3n) is 1.91. The van der Waals surface area contributed by atoms with Crippen molar-refractivity contribution in [3.05, 3.63) is 23.2 Å². The zero-order chi connectivity index (χ0) is 12.1. The molecule has 0 radical (unpaired) electrons. The van der Waals surface area contributed by atoms with Crippen LogP contribution in [-0.4, -0.2) is 18.9 Å². The van der Waals surface area contributed by atoms with Gasteiger partial charge in [-0.05, 0) is 47.1 Å². The molecular formula is C12H21BO2. The third-order valence-corrected chi connectivity index (χ3v) is 1.91. The average molecular weight is 208 g/mol. The Morgan fingerprint density at radius 2 is 1.67 bits per heavy atom. The maximum absolute atomic E-state index is 10.9. The van der Waals surface area contributed by atoms with Crippen LogP contribution < -0.4 is 0 Å². The van der Waals surface area contributed by atoms with Crippen LogP contribution in [0.5, 0.6) is 0 Å². The molecule has 15 heavy (non-hydrogen) atoms. The summed E-state index contributed by atoms with van der Waals surface area (Å²) < 4.78 is 5.60. The highest BCUT2D eigenvalue weighted by molar-refractivity contribution is 6.37. The second kappa shape index (κ2) is 5.91. The lowest BCUT2D eigenvalue weighted by Crippen LogP contribution is -2.22. The molecule has 0 aromatic carbocycles. The summed E-state index contributed by atoms with van der Waals surface area (Å²) in [6.45, 7) is 11.5. The van der Waals surface area contributed by atoms with Crippen LogP contribution in [0.4, 0.5) is 0 Å². The topological polar surface area (TPSA) is 26.3 Å². The number of Topliss-reactive ketones (excluding diaryl/α,β-unsaturated/α-hetero) is 1. The number of carbonyl (C=O) groups excluding carboxylic acids is 1. The molecule has 84 valence electrons. The minimum absolute atomic E-state index is 0.107. The van der Waals surface area contributed by atoms with Gasteiger partial charge in [0.05, 0.1) is 0 Å². The Labute approximate surface area is 93.7 Å². The van der Waals surface area contributed by atoms with E-state index in [0.29, 0.717) is 7.48 Å². The minimum atomic E-state index is -0.117. The van der Waals surface area contributed by atoms with Crippen molar-refractivity contribution in [2.45, 2.75) is 47.1 Å². The van der Waals surface area contributed by atoms with E-state index in [0.717, 1.165) is 11.0 Å². The number of allylic oxidation sites excluding steroid dienone is 4. The molecule has 0 aromatic heterocycles. The lowest BCUT2D eigenvalue weighted by atomic mass is 9.87. The van der Waals surface area contributed by atoms with Gasteiger partial charge < -0.3 is 4.65 Å². The first-order valence-corrected chi connectivity index (χ1v) is 5.21. The van der Waals surface area contributed by atoms with Crippen LogP contribution in [0, 0.1) is 0 Å². The van der Waals surface area contributed by atoms with E-state index in [-0.39, 0.29) is 11.4 Å². The predicted octanol–water partition coefficient (Wildman–Crippen LogP) is 2.59. The van der Waals surface area contributed by atoms with Crippen LogP contribution in [0.15, 0.2) is 23.2 Å². The molecule has 0 fully saturated rings. The van der Waals surface area contributed by atoms with Crippen molar-refractivity contribution in [1.29, 1.82) is 0 Å². The molecule has 0 aromatic rings. The summed E-state index contributed by atoms with van der Waals surface area (Å²) in [5, 5.41) is 0. The van der Waals surface area contributed by atoms with Gasteiger partial charge in [-0.2, -0.15) is 0 Å². The fourth-order valence-electron chi connectivity index (χ4n) is 0.763. The fourth-order valence-corrected chi connectivity index (χ4v) is 0.763. The van der Waals surface area contributed by atoms with Crippen LogP contribution in [-0.2, 0) is 9.45 Å². The summed E-state index contributed by atoms with van der Waals surface area (Å²) in [4.78, 5) is 10.9. The van der Waals surface area contributed by atoms with E-state index in [1.165, 1.54) is 0 Å². The number of hydrogen-bond donors (Lipinski definition) is 0. The van der Waals surface area contributed by atoms with Crippen LogP contribution in [0.25, 0.3) is 0 Å². The second-order valence-corrected chi connectivity index (χ2v) is 4.82. The number of carbonyl (C=O) groups is 1. The highest BCUT2D eigenvalue weighted by Gasteiger charge is 2.10. The molecule has 0 aliphatic rings. The molecule has 0 rings (SSSR count). The molecule has 0 heterocycles. The monoisotopic (exact) mass is 208 g/mol. The first-order valence-electron chi connectivity index (χ1n) is 5.21. The molecule has 3 heteroatoms. The third kappa shape index (κ3) is 8.19. The summed E-state index contributed by atoms with van der Waals surface area (Å²) in [5.74, 6) is 0.107. The molecule has 0 saturated carbocycles. The Kier molecular flexibility index (Phi) is 5.59. The van der Waals surface area contributed by atoms with E-state index in [2.05, 4.69) is 0 Å². The summed E-state index contributed by atoms with van der Waals surface area (Å²) in [6.07, 6.45) is 3.77. The SMILES string of the molecule is CC(=O)/C(C)=C/C=C(\C)BOC(C)(C)C. The molecule has 0 aliphatic heterocycles. The molecular weight excluding hydrogens is 187 g/mol. The largest absolute Gasteiger partial charge is 0.430 e. The average Bonchev–Trinajstić information content (AvgIpc) is 2.09. The lowest BCUT2D eigenvalue weighted by Gasteiger charge is -2.19. The van der Waals surface area contributed by atoms with Crippen molar-refractivity contribution >= 4 is 13.3 Å². The van der Waals surface area contributed by atoms with Crippen molar-refractivity contribution in [2.75, 3.05) is 0 Å². The van der Waals surface area contributed by atoms with E-state index in [1.54, 1.807) is 6.92 Å². The zero-order valence-corrected chi connectivity index (χ0v) is 10.7. The van der Waals surface area contributed by atoms with Gasteiger partial charge in [-0.3, -0.25) is 4.79 Å². The lowest BCUT2D eigenvalue weighted by molar-refractivity contribution is -0.113.